The van der Waals surface area contributed by atoms with E-state index in [9.17, 15) is 22.8 Å². The van der Waals surface area contributed by atoms with Gasteiger partial charge in [0.05, 0.1) is 0 Å². The first-order chi connectivity index (χ1) is 8.86. The number of carbonyl (C=O) groups excluding carboxylic acids is 2. The predicted octanol–water partition coefficient (Wildman–Crippen LogP) is 1.80. The van der Waals surface area contributed by atoms with Gasteiger partial charge in [0.15, 0.2) is 0 Å². The van der Waals surface area contributed by atoms with E-state index in [2.05, 4.69) is 0 Å². The maximum atomic E-state index is 12.3. The van der Waals surface area contributed by atoms with Crippen molar-refractivity contribution in [1.29, 1.82) is 0 Å². The highest BCUT2D eigenvalue weighted by molar-refractivity contribution is 5.82. The number of halogens is 3. The first-order valence-corrected chi connectivity index (χ1v) is 6.50. The highest BCUT2D eigenvalue weighted by Crippen LogP contribution is 2.19. The number of unbranched alkanes of at least 4 members (excludes halogenated alkanes) is 1. The van der Waals surface area contributed by atoms with Gasteiger partial charge in [-0.05, 0) is 12.8 Å². The summed E-state index contributed by atoms with van der Waals surface area (Å²) in [4.78, 5) is 25.2. The highest BCUT2D eigenvalue weighted by Gasteiger charge is 2.42. The van der Waals surface area contributed by atoms with Crippen molar-refractivity contribution < 1.29 is 22.8 Å². The van der Waals surface area contributed by atoms with Gasteiger partial charge in [0.1, 0.15) is 0 Å². The monoisotopic (exact) mass is 280 g/mol. The summed E-state index contributed by atoms with van der Waals surface area (Å²) in [5.74, 6) is -1.85. The summed E-state index contributed by atoms with van der Waals surface area (Å²) in [5, 5.41) is 0. The van der Waals surface area contributed by atoms with Crippen LogP contribution in [0, 0.1) is 0 Å². The van der Waals surface area contributed by atoms with Gasteiger partial charge < -0.3 is 9.80 Å². The molecule has 0 aromatic carbocycles. The van der Waals surface area contributed by atoms with Gasteiger partial charge in [-0.15, -0.1) is 0 Å². The van der Waals surface area contributed by atoms with Crippen LogP contribution in [0.25, 0.3) is 0 Å². The molecule has 1 fully saturated rings. The molecule has 4 nitrogen and oxygen atoms in total. The number of nitrogens with zero attached hydrogens (tertiary/aromatic N) is 2. The Labute approximate surface area is 110 Å². The molecule has 0 bridgehead atoms. The van der Waals surface area contributed by atoms with Crippen LogP contribution < -0.4 is 0 Å². The minimum Gasteiger partial charge on any atom is -0.341 e. The van der Waals surface area contributed by atoms with Crippen molar-refractivity contribution >= 4 is 11.8 Å². The first kappa shape index (κ1) is 15.8. The van der Waals surface area contributed by atoms with Crippen LogP contribution in [0.15, 0.2) is 0 Å². The Bertz CT molecular complexity index is 331. The number of hydrogen-bond donors (Lipinski definition) is 0. The highest BCUT2D eigenvalue weighted by atomic mass is 19.4. The van der Waals surface area contributed by atoms with Crippen LogP contribution in [0.5, 0.6) is 0 Å². The lowest BCUT2D eigenvalue weighted by atomic mass is 10.2. The van der Waals surface area contributed by atoms with Gasteiger partial charge in [0, 0.05) is 32.6 Å². The van der Waals surface area contributed by atoms with Crippen LogP contribution in [0.3, 0.4) is 0 Å². The molecule has 0 aliphatic carbocycles. The Morgan fingerprint density at radius 1 is 1.05 bits per heavy atom. The molecule has 19 heavy (non-hydrogen) atoms. The van der Waals surface area contributed by atoms with Crippen LogP contribution in [-0.2, 0) is 9.59 Å². The number of hydrogen-bond acceptors (Lipinski definition) is 2. The molecule has 1 heterocycles. The molecule has 0 aromatic rings. The fourth-order valence-corrected chi connectivity index (χ4v) is 2.04. The van der Waals surface area contributed by atoms with E-state index in [1.54, 1.807) is 4.90 Å². The molecule has 1 rings (SSSR count). The van der Waals surface area contributed by atoms with E-state index in [0.29, 0.717) is 19.4 Å². The maximum Gasteiger partial charge on any atom is 0.471 e. The third-order valence-corrected chi connectivity index (χ3v) is 3.12. The van der Waals surface area contributed by atoms with E-state index in [1.807, 2.05) is 6.92 Å². The molecule has 1 saturated heterocycles. The summed E-state index contributed by atoms with van der Waals surface area (Å²) in [6.45, 7) is 2.58. The largest absolute Gasteiger partial charge is 0.471 e. The second-order valence-corrected chi connectivity index (χ2v) is 4.63. The smallest absolute Gasteiger partial charge is 0.341 e. The van der Waals surface area contributed by atoms with E-state index in [1.165, 1.54) is 0 Å². The van der Waals surface area contributed by atoms with Gasteiger partial charge in [-0.2, -0.15) is 13.2 Å². The van der Waals surface area contributed by atoms with Gasteiger partial charge in [0.2, 0.25) is 5.91 Å². The zero-order chi connectivity index (χ0) is 14.5. The van der Waals surface area contributed by atoms with Crippen molar-refractivity contribution in [3.63, 3.8) is 0 Å². The number of alkyl halides is 3. The molecular formula is C12H19F3N2O2. The van der Waals surface area contributed by atoms with Crippen molar-refractivity contribution in [2.75, 3.05) is 26.2 Å². The first-order valence-electron chi connectivity index (χ1n) is 6.50. The molecule has 0 atom stereocenters. The van der Waals surface area contributed by atoms with Gasteiger partial charge in [-0.25, -0.2) is 0 Å². The lowest BCUT2D eigenvalue weighted by molar-refractivity contribution is -0.185. The topological polar surface area (TPSA) is 40.6 Å². The van der Waals surface area contributed by atoms with E-state index < -0.39 is 12.1 Å². The zero-order valence-corrected chi connectivity index (χ0v) is 11.0. The van der Waals surface area contributed by atoms with Crippen molar-refractivity contribution in [3.8, 4) is 0 Å². The van der Waals surface area contributed by atoms with Gasteiger partial charge in [-0.1, -0.05) is 13.3 Å². The van der Waals surface area contributed by atoms with Crippen LogP contribution in [0.1, 0.15) is 32.6 Å². The summed E-state index contributed by atoms with van der Waals surface area (Å²) in [7, 11) is 0. The van der Waals surface area contributed by atoms with Gasteiger partial charge in [-0.3, -0.25) is 9.59 Å². The van der Waals surface area contributed by atoms with Gasteiger partial charge >= 0.3 is 12.1 Å². The van der Waals surface area contributed by atoms with Crippen LogP contribution in [0.4, 0.5) is 13.2 Å². The predicted molar refractivity (Wildman–Crippen MR) is 63.4 cm³/mol. The Balaban J connectivity index is 2.52. The van der Waals surface area contributed by atoms with Crippen LogP contribution in [-0.4, -0.2) is 54.0 Å². The Kier molecular flexibility index (Phi) is 5.62. The molecule has 1 aliphatic rings. The molecule has 1 aliphatic heterocycles. The van der Waals surface area contributed by atoms with Crippen LogP contribution in [0.2, 0.25) is 0 Å². The van der Waals surface area contributed by atoms with Crippen molar-refractivity contribution in [1.82, 2.24) is 9.80 Å². The van der Waals surface area contributed by atoms with Crippen molar-refractivity contribution in [3.05, 3.63) is 0 Å². The van der Waals surface area contributed by atoms with Crippen LogP contribution >= 0.6 is 0 Å². The minimum absolute atomic E-state index is 0.0387. The molecule has 0 aromatic heterocycles. The van der Waals surface area contributed by atoms with Crippen molar-refractivity contribution in [2.45, 2.75) is 38.8 Å². The molecule has 0 saturated carbocycles. The second kappa shape index (κ2) is 6.77. The number of amides is 2. The molecule has 0 spiro atoms. The SMILES string of the molecule is CCCCC(=O)N1CCCN(C(=O)C(F)(F)F)CC1. The van der Waals surface area contributed by atoms with Crippen molar-refractivity contribution in [2.24, 2.45) is 0 Å². The minimum atomic E-state index is -4.83. The average molecular weight is 280 g/mol. The van der Waals surface area contributed by atoms with Gasteiger partial charge in [0.25, 0.3) is 0 Å². The van der Waals surface area contributed by atoms with E-state index in [4.69, 9.17) is 0 Å². The number of rotatable bonds is 3. The standard InChI is InChI=1S/C12H19F3N2O2/c1-2-3-5-10(18)16-6-4-7-17(9-8-16)11(19)12(13,14)15/h2-9H2,1H3. The summed E-state index contributed by atoms with van der Waals surface area (Å²) in [6.07, 6.45) is -2.34. The quantitative estimate of drug-likeness (QED) is 0.791. The molecule has 0 unspecified atom stereocenters. The van der Waals surface area contributed by atoms with E-state index in [0.717, 1.165) is 17.7 Å². The molecule has 0 radical (unpaired) electrons. The lowest BCUT2D eigenvalue weighted by Gasteiger charge is -2.22. The normalized spacial score (nSPS) is 17.3. The summed E-state index contributed by atoms with van der Waals surface area (Å²) >= 11 is 0. The molecule has 0 N–H and O–H groups in total. The maximum absolute atomic E-state index is 12.3. The molecule has 110 valence electrons. The summed E-state index contributed by atoms with van der Waals surface area (Å²) in [6, 6.07) is 0. The van der Waals surface area contributed by atoms with E-state index >= 15 is 0 Å². The number of carbonyl (C=O) groups is 2. The zero-order valence-electron chi connectivity index (χ0n) is 11.0. The molecular weight excluding hydrogens is 261 g/mol. The summed E-state index contributed by atoms with van der Waals surface area (Å²) in [5.41, 5.74) is 0. The third kappa shape index (κ3) is 4.72. The lowest BCUT2D eigenvalue weighted by Crippen LogP contribution is -2.43. The molecule has 2 amide bonds. The Hall–Kier alpha value is -1.27. The van der Waals surface area contributed by atoms with E-state index in [-0.39, 0.29) is 25.5 Å². The fraction of sp³-hybridized carbons (Fsp3) is 0.833. The fourth-order valence-electron chi connectivity index (χ4n) is 2.04. The Morgan fingerprint density at radius 3 is 2.21 bits per heavy atom. The summed E-state index contributed by atoms with van der Waals surface area (Å²) < 4.78 is 37.0. The molecule has 7 heteroatoms. The second-order valence-electron chi connectivity index (χ2n) is 4.63. The third-order valence-electron chi connectivity index (χ3n) is 3.12. The Morgan fingerprint density at radius 2 is 1.63 bits per heavy atom. The average Bonchev–Trinajstić information content (AvgIpc) is 2.59.